The molecule has 0 saturated heterocycles. The van der Waals surface area contributed by atoms with Crippen LogP contribution in [-0.4, -0.2) is 86.8 Å². The summed E-state index contributed by atoms with van der Waals surface area (Å²) in [4.78, 5) is 11.9. The van der Waals surface area contributed by atoms with E-state index in [4.69, 9.17) is 0 Å². The fraction of sp³-hybridized carbons (Fsp3) is 0.400. The zero-order valence-corrected chi connectivity index (χ0v) is 19.4. The van der Waals surface area contributed by atoms with E-state index in [0.29, 0.717) is 18.8 Å². The zero-order chi connectivity index (χ0) is 29.5. The number of nitrogens with zero attached hydrogens (tertiary/aromatic N) is 5. The van der Waals surface area contributed by atoms with E-state index in [0.717, 1.165) is 22.2 Å². The largest absolute Gasteiger partial charge is 0.673 e. The minimum atomic E-state index is -6.00. The smallest absolute Gasteiger partial charge is 0.418 e. The zero-order valence-electron chi connectivity index (χ0n) is 19.4. The number of hydrogen-bond acceptors (Lipinski definition) is 5. The van der Waals surface area contributed by atoms with Crippen LogP contribution in [0.15, 0.2) is 30.6 Å². The first-order valence-corrected chi connectivity index (χ1v) is 9.73. The van der Waals surface area contributed by atoms with Crippen LogP contribution < -0.4 is 5.32 Å². The molecular weight excluding hydrogens is 541 g/mol. The lowest BCUT2D eigenvalue weighted by atomic mass is 10.1. The Kier molecular flexibility index (Phi) is 15.5. The second-order valence-electron chi connectivity index (χ2n) is 7.59. The van der Waals surface area contributed by atoms with Gasteiger partial charge >= 0.3 is 21.8 Å². The Labute approximate surface area is 203 Å². The van der Waals surface area contributed by atoms with Crippen LogP contribution in [0.1, 0.15) is 5.56 Å². The molecule has 7 nitrogen and oxygen atoms in total. The van der Waals surface area contributed by atoms with Crippen LogP contribution in [0.3, 0.4) is 0 Å². The summed E-state index contributed by atoms with van der Waals surface area (Å²) in [7, 11) is -11.7. The number of carbonyl (C=O) groups is 1. The predicted octanol–water partition coefficient (Wildman–Crippen LogP) is 4.20. The molecule has 0 spiro atoms. The summed E-state index contributed by atoms with van der Waals surface area (Å²) in [5, 5.41) is 18.1. The Morgan fingerprint density at radius 2 is 1.14 bits per heavy atom. The highest BCUT2D eigenvalue weighted by Gasteiger charge is 2.21. The summed E-state index contributed by atoms with van der Waals surface area (Å²) in [6.45, 7) is 1.58. The second-order valence-corrected chi connectivity index (χ2v) is 7.59. The summed E-state index contributed by atoms with van der Waals surface area (Å²) in [6.07, 6.45) is 1.65. The van der Waals surface area contributed by atoms with Crippen molar-refractivity contribution in [1.29, 1.82) is 0 Å². The third-order valence-electron chi connectivity index (χ3n) is 3.09. The average Bonchev–Trinajstić information content (AvgIpc) is 2.64. The van der Waals surface area contributed by atoms with Gasteiger partial charge in [0.2, 0.25) is 11.7 Å². The van der Waals surface area contributed by atoms with E-state index in [1.807, 2.05) is 24.3 Å². The number of carbonyl (C=O) groups excluding carboxylic acids is 1. The van der Waals surface area contributed by atoms with Crippen molar-refractivity contribution in [1.82, 2.24) is 25.7 Å². The van der Waals surface area contributed by atoms with Gasteiger partial charge in [-0.15, -0.1) is 20.4 Å². The Balaban J connectivity index is 0. The summed E-state index contributed by atoms with van der Waals surface area (Å²) < 4.78 is 118. The predicted molar refractivity (Wildman–Crippen MR) is 113 cm³/mol. The Bertz CT molecular complexity index is 847. The molecule has 1 N–H and O–H groups in total. The first-order valence-electron chi connectivity index (χ1n) is 9.73. The summed E-state index contributed by atoms with van der Waals surface area (Å²) in [5.41, 5.74) is 1.78. The fourth-order valence-corrected chi connectivity index (χ4v) is 1.87. The molecule has 37 heavy (non-hydrogen) atoms. The number of benzene rings is 1. The van der Waals surface area contributed by atoms with E-state index < -0.39 is 21.8 Å². The molecule has 1 amide bonds. The maximum absolute atomic E-state index is 11.9. The van der Waals surface area contributed by atoms with Crippen LogP contribution in [0.5, 0.6) is 0 Å². The Hall–Kier alpha value is -3.06. The molecule has 0 unspecified atom stereocenters. The van der Waals surface area contributed by atoms with E-state index in [-0.39, 0.29) is 5.91 Å². The molecular formula is C15H21B3F12N6O-2. The van der Waals surface area contributed by atoms with Crippen molar-refractivity contribution >= 4 is 27.7 Å². The van der Waals surface area contributed by atoms with Gasteiger partial charge in [0, 0.05) is 5.56 Å². The monoisotopic (exact) mass is 562 g/mol. The van der Waals surface area contributed by atoms with Crippen LogP contribution >= 0.6 is 0 Å². The van der Waals surface area contributed by atoms with Crippen molar-refractivity contribution in [3.63, 3.8) is 0 Å². The van der Waals surface area contributed by atoms with Gasteiger partial charge < -0.3 is 61.6 Å². The highest BCUT2D eigenvalue weighted by molar-refractivity contribution is 6.50. The lowest BCUT2D eigenvalue weighted by Gasteiger charge is -2.23. The SMILES string of the molecule is C[N+](C)(C)CCNC(=O)Cc1ccc(-c2nncnn2)cc1.F[B-](F)(F)F.F[B-](F)(F)F.F[B-](F)(F)F. The number of hydrogen-bond donors (Lipinski definition) is 1. The molecule has 0 radical (unpaired) electrons. The maximum atomic E-state index is 11.9. The van der Waals surface area contributed by atoms with Gasteiger partial charge in [0.1, 0.15) is 0 Å². The standard InChI is InChI=1S/C15H20N6O.3BF4/c1-21(2,3)9-8-16-14(22)10-12-4-6-13(7-5-12)15-19-17-11-18-20-15;3*2-1(3,4)5/h4-7,11H,8-10H2,1-3H3;;;/q;3*-1/p+1. The van der Waals surface area contributed by atoms with Crippen LogP contribution in [0.4, 0.5) is 51.8 Å². The minimum Gasteiger partial charge on any atom is -0.418 e. The lowest BCUT2D eigenvalue weighted by Crippen LogP contribution is -2.42. The summed E-state index contributed by atoms with van der Waals surface area (Å²) in [6, 6.07) is 7.52. The van der Waals surface area contributed by atoms with Gasteiger partial charge in [-0.3, -0.25) is 4.79 Å². The number of aromatic nitrogens is 4. The van der Waals surface area contributed by atoms with E-state index in [1.54, 1.807) is 0 Å². The fourth-order valence-electron chi connectivity index (χ4n) is 1.87. The Morgan fingerprint density at radius 1 is 0.757 bits per heavy atom. The molecule has 1 aromatic carbocycles. The average molecular weight is 562 g/mol. The molecule has 0 aliphatic carbocycles. The number of nitrogens with one attached hydrogen (secondary N) is 1. The van der Waals surface area contributed by atoms with Crippen molar-refractivity contribution in [3.8, 4) is 11.4 Å². The van der Waals surface area contributed by atoms with E-state index >= 15 is 0 Å². The van der Waals surface area contributed by atoms with Crippen molar-refractivity contribution in [2.24, 2.45) is 0 Å². The van der Waals surface area contributed by atoms with Gasteiger partial charge in [-0.25, -0.2) is 0 Å². The number of halogens is 12. The Morgan fingerprint density at radius 3 is 1.49 bits per heavy atom. The maximum Gasteiger partial charge on any atom is 0.673 e. The third kappa shape index (κ3) is 35.2. The molecule has 2 aromatic rings. The molecule has 0 bridgehead atoms. The molecule has 2 rings (SSSR count). The van der Waals surface area contributed by atoms with Gasteiger partial charge in [0.05, 0.1) is 40.7 Å². The van der Waals surface area contributed by atoms with Crippen molar-refractivity contribution < 1.29 is 61.1 Å². The quantitative estimate of drug-likeness (QED) is 0.325. The van der Waals surface area contributed by atoms with Crippen LogP contribution in [0, 0.1) is 0 Å². The van der Waals surface area contributed by atoms with Crippen LogP contribution in [0.2, 0.25) is 0 Å². The molecule has 0 saturated carbocycles. The normalized spacial score (nSPS) is 11.5. The first kappa shape index (κ1) is 36.1. The van der Waals surface area contributed by atoms with E-state index in [9.17, 15) is 56.6 Å². The molecule has 0 aliphatic rings. The topological polar surface area (TPSA) is 80.7 Å². The highest BCUT2D eigenvalue weighted by atomic mass is 19.5. The van der Waals surface area contributed by atoms with Gasteiger partial charge in [0.25, 0.3) is 0 Å². The molecule has 0 fully saturated rings. The summed E-state index contributed by atoms with van der Waals surface area (Å²) >= 11 is 0. The molecule has 22 heteroatoms. The molecule has 1 heterocycles. The van der Waals surface area contributed by atoms with E-state index in [2.05, 4.69) is 46.9 Å². The number of likely N-dealkylation sites (N-methyl/N-ethyl adjacent to an activating group) is 1. The van der Waals surface area contributed by atoms with Crippen LogP contribution in [-0.2, 0) is 11.2 Å². The van der Waals surface area contributed by atoms with E-state index in [1.165, 1.54) is 6.33 Å². The van der Waals surface area contributed by atoms with Gasteiger partial charge in [-0.05, 0) is 5.56 Å². The molecule has 1 aromatic heterocycles. The molecule has 212 valence electrons. The van der Waals surface area contributed by atoms with Crippen LogP contribution in [0.25, 0.3) is 11.4 Å². The summed E-state index contributed by atoms with van der Waals surface area (Å²) in [5.74, 6) is 0.502. The van der Waals surface area contributed by atoms with Gasteiger partial charge in [-0.1, -0.05) is 24.3 Å². The van der Waals surface area contributed by atoms with Crippen molar-refractivity contribution in [2.75, 3.05) is 34.2 Å². The molecule has 0 atom stereocenters. The number of rotatable bonds is 6. The minimum absolute atomic E-state index is 0.0282. The number of quaternary nitrogens is 1. The molecule has 0 aliphatic heterocycles. The second kappa shape index (κ2) is 15.9. The lowest BCUT2D eigenvalue weighted by molar-refractivity contribution is -0.869. The van der Waals surface area contributed by atoms with Gasteiger partial charge in [-0.2, -0.15) is 0 Å². The number of amides is 1. The first-order chi connectivity index (χ1) is 16.4. The van der Waals surface area contributed by atoms with Crippen molar-refractivity contribution in [2.45, 2.75) is 6.42 Å². The van der Waals surface area contributed by atoms with Crippen molar-refractivity contribution in [3.05, 3.63) is 36.2 Å². The highest BCUT2D eigenvalue weighted by Crippen LogP contribution is 2.14. The third-order valence-corrected chi connectivity index (χ3v) is 3.09. The van der Waals surface area contributed by atoms with Gasteiger partial charge in [0.15, 0.2) is 6.33 Å².